The van der Waals surface area contributed by atoms with Gasteiger partial charge in [0, 0.05) is 4.47 Å². The van der Waals surface area contributed by atoms with E-state index < -0.39 is 0 Å². The van der Waals surface area contributed by atoms with Gasteiger partial charge in [-0.25, -0.2) is 9.97 Å². The Labute approximate surface area is 90.3 Å². The molecule has 0 aliphatic heterocycles. The van der Waals surface area contributed by atoms with Crippen molar-refractivity contribution in [2.24, 2.45) is 0 Å². The van der Waals surface area contributed by atoms with Gasteiger partial charge in [-0.3, -0.25) is 0 Å². The maximum atomic E-state index is 5.01. The van der Waals surface area contributed by atoms with Crippen LogP contribution in [0.25, 0.3) is 11.0 Å². The second-order valence-corrected chi connectivity index (χ2v) is 3.92. The highest BCUT2D eigenvalue weighted by molar-refractivity contribution is 9.10. The lowest BCUT2D eigenvalue weighted by atomic mass is 10.2. The molecule has 1 aromatic carbocycles. The van der Waals surface area contributed by atoms with Gasteiger partial charge in [0.1, 0.15) is 0 Å². The zero-order chi connectivity index (χ0) is 10.1. The van der Waals surface area contributed by atoms with Gasteiger partial charge in [-0.15, -0.1) is 0 Å². The molecular formula is C10H9BrN2O. The molecule has 0 aliphatic carbocycles. The first kappa shape index (κ1) is 9.40. The third-order valence-corrected chi connectivity index (χ3v) is 2.45. The van der Waals surface area contributed by atoms with E-state index >= 15 is 0 Å². The van der Waals surface area contributed by atoms with Crippen molar-refractivity contribution in [1.82, 2.24) is 9.97 Å². The summed E-state index contributed by atoms with van der Waals surface area (Å²) in [4.78, 5) is 8.58. The second-order valence-electron chi connectivity index (χ2n) is 3.00. The third-order valence-electron chi connectivity index (χ3n) is 1.99. The first-order chi connectivity index (χ1) is 6.70. The number of hydrogen-bond acceptors (Lipinski definition) is 3. The zero-order valence-corrected chi connectivity index (χ0v) is 9.50. The first-order valence-corrected chi connectivity index (χ1v) is 4.97. The van der Waals surface area contributed by atoms with Gasteiger partial charge in [-0.05, 0) is 24.6 Å². The molecule has 0 unspecified atom stereocenters. The molecule has 1 heterocycles. The molecule has 14 heavy (non-hydrogen) atoms. The minimum atomic E-state index is 0.537. The summed E-state index contributed by atoms with van der Waals surface area (Å²) in [5.74, 6) is 0.537. The predicted molar refractivity (Wildman–Crippen MR) is 58.5 cm³/mol. The van der Waals surface area contributed by atoms with Crippen molar-refractivity contribution in [3.8, 4) is 5.88 Å². The number of methoxy groups -OCH3 is 1. The molecule has 0 atom stereocenters. The molecule has 2 aromatic rings. The van der Waals surface area contributed by atoms with Crippen LogP contribution in [0.3, 0.4) is 0 Å². The van der Waals surface area contributed by atoms with Crippen molar-refractivity contribution in [1.29, 1.82) is 0 Å². The first-order valence-electron chi connectivity index (χ1n) is 4.17. The lowest BCUT2D eigenvalue weighted by Crippen LogP contribution is -1.92. The highest BCUT2D eigenvalue weighted by Gasteiger charge is 2.03. The zero-order valence-electron chi connectivity index (χ0n) is 7.91. The van der Waals surface area contributed by atoms with Gasteiger partial charge in [0.15, 0.2) is 0 Å². The van der Waals surface area contributed by atoms with Crippen LogP contribution in [0.15, 0.2) is 22.8 Å². The Balaban J connectivity index is 2.75. The Kier molecular flexibility index (Phi) is 2.37. The number of benzene rings is 1. The molecule has 0 aliphatic rings. The molecule has 0 fully saturated rings. The van der Waals surface area contributed by atoms with Crippen molar-refractivity contribution in [2.75, 3.05) is 7.11 Å². The van der Waals surface area contributed by atoms with E-state index in [4.69, 9.17) is 4.74 Å². The Bertz CT molecular complexity index is 485. The van der Waals surface area contributed by atoms with E-state index in [0.717, 1.165) is 21.1 Å². The van der Waals surface area contributed by atoms with Crippen LogP contribution in [0.1, 0.15) is 5.56 Å². The van der Waals surface area contributed by atoms with Crippen molar-refractivity contribution >= 4 is 27.0 Å². The number of ether oxygens (including phenoxy) is 1. The molecule has 3 nitrogen and oxygen atoms in total. The normalized spacial score (nSPS) is 10.5. The maximum absolute atomic E-state index is 5.01. The molecule has 2 rings (SSSR count). The standard InChI is InChI=1S/C10H9BrN2O/c1-6-3-7(11)4-8-10(6)12-5-9(13-8)14-2/h3-5H,1-2H3. The van der Waals surface area contributed by atoms with E-state index in [9.17, 15) is 0 Å². The van der Waals surface area contributed by atoms with Gasteiger partial charge in [-0.2, -0.15) is 0 Å². The molecule has 0 saturated heterocycles. The summed E-state index contributed by atoms with van der Waals surface area (Å²) in [6.07, 6.45) is 1.63. The summed E-state index contributed by atoms with van der Waals surface area (Å²) in [5, 5.41) is 0. The van der Waals surface area contributed by atoms with Crippen LogP contribution in [-0.4, -0.2) is 17.1 Å². The van der Waals surface area contributed by atoms with E-state index in [1.807, 2.05) is 19.1 Å². The van der Waals surface area contributed by atoms with Crippen molar-refractivity contribution in [3.05, 3.63) is 28.4 Å². The van der Waals surface area contributed by atoms with Gasteiger partial charge in [0.05, 0.1) is 24.3 Å². The van der Waals surface area contributed by atoms with E-state index in [1.165, 1.54) is 0 Å². The second kappa shape index (κ2) is 3.53. The van der Waals surface area contributed by atoms with E-state index in [2.05, 4.69) is 25.9 Å². The number of hydrogen-bond donors (Lipinski definition) is 0. The van der Waals surface area contributed by atoms with Crippen molar-refractivity contribution in [3.63, 3.8) is 0 Å². The van der Waals surface area contributed by atoms with E-state index in [0.29, 0.717) is 5.88 Å². The fourth-order valence-corrected chi connectivity index (χ4v) is 1.90. The largest absolute Gasteiger partial charge is 0.480 e. The average Bonchev–Trinajstić information content (AvgIpc) is 2.16. The summed E-state index contributed by atoms with van der Waals surface area (Å²) >= 11 is 3.42. The molecule has 0 saturated carbocycles. The van der Waals surface area contributed by atoms with Crippen LogP contribution in [0.2, 0.25) is 0 Å². The number of halogens is 1. The Morgan fingerprint density at radius 3 is 2.86 bits per heavy atom. The molecule has 4 heteroatoms. The SMILES string of the molecule is COc1cnc2c(C)cc(Br)cc2n1. The van der Waals surface area contributed by atoms with Gasteiger partial charge in [0.25, 0.3) is 0 Å². The van der Waals surface area contributed by atoms with E-state index in [-0.39, 0.29) is 0 Å². The summed E-state index contributed by atoms with van der Waals surface area (Å²) in [6.45, 7) is 2.01. The Morgan fingerprint density at radius 2 is 2.14 bits per heavy atom. The van der Waals surface area contributed by atoms with Crippen molar-refractivity contribution in [2.45, 2.75) is 6.92 Å². The van der Waals surface area contributed by atoms with Gasteiger partial charge < -0.3 is 4.74 Å². The van der Waals surface area contributed by atoms with Crippen molar-refractivity contribution < 1.29 is 4.74 Å². The number of aromatic nitrogens is 2. The molecule has 1 aromatic heterocycles. The third kappa shape index (κ3) is 1.57. The fourth-order valence-electron chi connectivity index (χ4n) is 1.34. The summed E-state index contributed by atoms with van der Waals surface area (Å²) < 4.78 is 6.02. The van der Waals surface area contributed by atoms with E-state index in [1.54, 1.807) is 13.3 Å². The topological polar surface area (TPSA) is 35.0 Å². The maximum Gasteiger partial charge on any atom is 0.232 e. The van der Waals surface area contributed by atoms with Crippen LogP contribution in [-0.2, 0) is 0 Å². The number of rotatable bonds is 1. The highest BCUT2D eigenvalue weighted by Crippen LogP contribution is 2.22. The minimum absolute atomic E-state index is 0.537. The molecule has 0 bridgehead atoms. The predicted octanol–water partition coefficient (Wildman–Crippen LogP) is 2.71. The number of nitrogens with zero attached hydrogens (tertiary/aromatic N) is 2. The molecule has 0 amide bonds. The van der Waals surface area contributed by atoms with Crippen LogP contribution >= 0.6 is 15.9 Å². The molecule has 72 valence electrons. The highest BCUT2D eigenvalue weighted by atomic mass is 79.9. The molecule has 0 spiro atoms. The lowest BCUT2D eigenvalue weighted by Gasteiger charge is -2.03. The Hall–Kier alpha value is -1.16. The molecular weight excluding hydrogens is 244 g/mol. The van der Waals surface area contributed by atoms with Crippen LogP contribution < -0.4 is 4.74 Å². The smallest absolute Gasteiger partial charge is 0.232 e. The van der Waals surface area contributed by atoms with Crippen LogP contribution in [0.4, 0.5) is 0 Å². The Morgan fingerprint density at radius 1 is 1.36 bits per heavy atom. The lowest BCUT2D eigenvalue weighted by molar-refractivity contribution is 0.397. The molecule has 0 N–H and O–H groups in total. The number of aryl methyl sites for hydroxylation is 1. The summed E-state index contributed by atoms with van der Waals surface area (Å²) in [5.41, 5.74) is 2.86. The van der Waals surface area contributed by atoms with Crippen LogP contribution in [0, 0.1) is 6.92 Å². The van der Waals surface area contributed by atoms with Gasteiger partial charge >= 0.3 is 0 Å². The van der Waals surface area contributed by atoms with Gasteiger partial charge in [0.2, 0.25) is 5.88 Å². The summed E-state index contributed by atoms with van der Waals surface area (Å²) in [7, 11) is 1.58. The van der Waals surface area contributed by atoms with Crippen LogP contribution in [0.5, 0.6) is 5.88 Å². The monoisotopic (exact) mass is 252 g/mol. The fraction of sp³-hybridized carbons (Fsp3) is 0.200. The number of fused-ring (bicyclic) bond motifs is 1. The summed E-state index contributed by atoms with van der Waals surface area (Å²) in [6, 6.07) is 3.95. The molecule has 0 radical (unpaired) electrons. The average molecular weight is 253 g/mol. The quantitative estimate of drug-likeness (QED) is 0.783. The van der Waals surface area contributed by atoms with Gasteiger partial charge in [-0.1, -0.05) is 15.9 Å². The minimum Gasteiger partial charge on any atom is -0.480 e.